The molecule has 0 saturated carbocycles. The maximum Gasteiger partial charge on any atom is 0.222 e. The Morgan fingerprint density at radius 2 is 1.75 bits per heavy atom. The van der Waals surface area contributed by atoms with Crippen molar-refractivity contribution in [1.29, 1.82) is 0 Å². The van der Waals surface area contributed by atoms with Crippen LogP contribution in [0.4, 0.5) is 0 Å². The van der Waals surface area contributed by atoms with Crippen LogP contribution in [-0.4, -0.2) is 41.3 Å². The minimum atomic E-state index is 0. The molecule has 3 rings (SSSR count). The first-order valence-electron chi connectivity index (χ1n) is 8.63. The van der Waals surface area contributed by atoms with Crippen molar-refractivity contribution in [2.75, 3.05) is 19.6 Å². The van der Waals surface area contributed by atoms with E-state index in [1.54, 1.807) is 0 Å². The van der Waals surface area contributed by atoms with Crippen LogP contribution >= 0.6 is 24.0 Å². The standard InChI is InChI=1S/C18H26N4O.HI/c19-18(21-10-4-1-5-11-21)20-13-15-7-2-3-8-16(15)14-22-12-6-9-17(22)23;/h2-3,7-8H,1,4-6,9-14H2,(H2,19,20);1H. The van der Waals surface area contributed by atoms with Crippen molar-refractivity contribution in [3.05, 3.63) is 35.4 Å². The van der Waals surface area contributed by atoms with Gasteiger partial charge in [-0.05, 0) is 36.8 Å². The highest BCUT2D eigenvalue weighted by molar-refractivity contribution is 14.0. The van der Waals surface area contributed by atoms with Crippen molar-refractivity contribution in [1.82, 2.24) is 9.80 Å². The lowest BCUT2D eigenvalue weighted by Crippen LogP contribution is -2.40. The molecule has 0 aliphatic carbocycles. The number of piperidine rings is 1. The molecule has 2 aliphatic heterocycles. The first-order valence-corrected chi connectivity index (χ1v) is 8.63. The predicted octanol–water partition coefficient (Wildman–Crippen LogP) is 2.73. The van der Waals surface area contributed by atoms with Crippen molar-refractivity contribution in [2.45, 2.75) is 45.2 Å². The van der Waals surface area contributed by atoms with E-state index in [9.17, 15) is 4.79 Å². The van der Waals surface area contributed by atoms with Crippen LogP contribution in [0.15, 0.2) is 29.3 Å². The van der Waals surface area contributed by atoms with Crippen LogP contribution in [0, 0.1) is 0 Å². The molecule has 1 aromatic rings. The first-order chi connectivity index (χ1) is 11.2. The van der Waals surface area contributed by atoms with Crippen LogP contribution in [0.1, 0.15) is 43.2 Å². The smallest absolute Gasteiger partial charge is 0.222 e. The number of benzene rings is 1. The molecule has 0 atom stereocenters. The van der Waals surface area contributed by atoms with Crippen LogP contribution < -0.4 is 5.73 Å². The van der Waals surface area contributed by atoms with Gasteiger partial charge in [-0.25, -0.2) is 4.99 Å². The van der Waals surface area contributed by atoms with E-state index in [-0.39, 0.29) is 29.9 Å². The van der Waals surface area contributed by atoms with Gasteiger partial charge >= 0.3 is 0 Å². The SMILES string of the molecule is I.NC(=NCc1ccccc1CN1CCCC1=O)N1CCCCC1. The van der Waals surface area contributed by atoms with E-state index in [0.29, 0.717) is 25.5 Å². The van der Waals surface area contributed by atoms with Gasteiger partial charge in [0.25, 0.3) is 0 Å². The number of carbonyl (C=O) groups excluding carboxylic acids is 1. The van der Waals surface area contributed by atoms with Gasteiger partial charge in [0, 0.05) is 32.6 Å². The quantitative estimate of drug-likeness (QED) is 0.443. The molecule has 1 amide bonds. The van der Waals surface area contributed by atoms with Gasteiger partial charge in [-0.2, -0.15) is 0 Å². The van der Waals surface area contributed by atoms with Gasteiger partial charge in [0.15, 0.2) is 5.96 Å². The van der Waals surface area contributed by atoms with E-state index in [2.05, 4.69) is 22.0 Å². The Morgan fingerprint density at radius 3 is 2.42 bits per heavy atom. The zero-order chi connectivity index (χ0) is 16.1. The Morgan fingerprint density at radius 1 is 1.04 bits per heavy atom. The van der Waals surface area contributed by atoms with E-state index in [1.165, 1.54) is 24.8 Å². The fourth-order valence-corrected chi connectivity index (χ4v) is 3.33. The van der Waals surface area contributed by atoms with Crippen molar-refractivity contribution in [3.63, 3.8) is 0 Å². The van der Waals surface area contributed by atoms with Gasteiger partial charge in [0.1, 0.15) is 0 Å². The van der Waals surface area contributed by atoms with E-state index in [0.717, 1.165) is 31.6 Å². The maximum absolute atomic E-state index is 11.8. The number of hydrogen-bond acceptors (Lipinski definition) is 2. The average molecular weight is 442 g/mol. The van der Waals surface area contributed by atoms with Gasteiger partial charge in [-0.15, -0.1) is 24.0 Å². The summed E-state index contributed by atoms with van der Waals surface area (Å²) in [5.41, 5.74) is 8.48. The van der Waals surface area contributed by atoms with E-state index in [4.69, 9.17) is 5.73 Å². The topological polar surface area (TPSA) is 61.9 Å². The Hall–Kier alpha value is -1.31. The third-order valence-electron chi connectivity index (χ3n) is 4.74. The monoisotopic (exact) mass is 442 g/mol. The van der Waals surface area contributed by atoms with Crippen LogP contribution in [-0.2, 0) is 17.9 Å². The Kier molecular flexibility index (Phi) is 7.33. The van der Waals surface area contributed by atoms with Crippen LogP contribution in [0.2, 0.25) is 0 Å². The third kappa shape index (κ3) is 4.84. The number of aliphatic imine (C=N–C) groups is 1. The third-order valence-corrected chi connectivity index (χ3v) is 4.74. The Balaban J connectivity index is 0.00000208. The van der Waals surface area contributed by atoms with Gasteiger partial charge in [0.05, 0.1) is 6.54 Å². The lowest BCUT2D eigenvalue weighted by atomic mass is 10.1. The van der Waals surface area contributed by atoms with Crippen molar-refractivity contribution >= 4 is 35.8 Å². The molecule has 24 heavy (non-hydrogen) atoms. The number of carbonyl (C=O) groups is 1. The molecule has 0 aromatic heterocycles. The molecule has 0 spiro atoms. The number of halogens is 1. The van der Waals surface area contributed by atoms with E-state index >= 15 is 0 Å². The fraction of sp³-hybridized carbons (Fsp3) is 0.556. The summed E-state index contributed by atoms with van der Waals surface area (Å²) in [6.45, 7) is 4.17. The second-order valence-electron chi connectivity index (χ2n) is 6.41. The maximum atomic E-state index is 11.8. The van der Waals surface area contributed by atoms with Crippen molar-refractivity contribution < 1.29 is 4.79 Å². The second kappa shape index (κ2) is 9.25. The van der Waals surface area contributed by atoms with Gasteiger partial charge in [0.2, 0.25) is 5.91 Å². The second-order valence-corrected chi connectivity index (χ2v) is 6.41. The number of likely N-dealkylation sites (tertiary alicyclic amines) is 2. The van der Waals surface area contributed by atoms with Crippen molar-refractivity contribution in [2.24, 2.45) is 10.7 Å². The number of nitrogens with two attached hydrogens (primary N) is 1. The number of nitrogens with zero attached hydrogens (tertiary/aromatic N) is 3. The van der Waals surface area contributed by atoms with Crippen LogP contribution in [0.25, 0.3) is 0 Å². The highest BCUT2D eigenvalue weighted by Gasteiger charge is 2.20. The summed E-state index contributed by atoms with van der Waals surface area (Å²) in [5.74, 6) is 0.910. The largest absolute Gasteiger partial charge is 0.370 e. The first kappa shape index (κ1) is 19.0. The van der Waals surface area contributed by atoms with Crippen LogP contribution in [0.5, 0.6) is 0 Å². The highest BCUT2D eigenvalue weighted by atomic mass is 127. The van der Waals surface area contributed by atoms with E-state index in [1.807, 2.05) is 17.0 Å². The molecule has 132 valence electrons. The summed E-state index contributed by atoms with van der Waals surface area (Å²) in [6, 6.07) is 8.23. The number of rotatable bonds is 4. The lowest BCUT2D eigenvalue weighted by molar-refractivity contribution is -0.128. The molecule has 2 saturated heterocycles. The van der Waals surface area contributed by atoms with Crippen molar-refractivity contribution in [3.8, 4) is 0 Å². The molecule has 0 bridgehead atoms. The zero-order valence-corrected chi connectivity index (χ0v) is 16.4. The van der Waals surface area contributed by atoms with Gasteiger partial charge < -0.3 is 15.5 Å². The molecule has 6 heteroatoms. The molecular weight excluding hydrogens is 415 g/mol. The van der Waals surface area contributed by atoms with Gasteiger partial charge in [-0.3, -0.25) is 4.79 Å². The Labute approximate surface area is 161 Å². The molecule has 0 unspecified atom stereocenters. The fourth-order valence-electron chi connectivity index (χ4n) is 3.33. The Bertz CT molecular complexity index is 584. The molecule has 1 aromatic carbocycles. The lowest BCUT2D eigenvalue weighted by Gasteiger charge is -2.27. The molecular formula is C18H27IN4O. The number of guanidine groups is 1. The normalized spacial score (nSPS) is 18.7. The summed E-state index contributed by atoms with van der Waals surface area (Å²) < 4.78 is 0. The molecule has 2 aliphatic rings. The summed E-state index contributed by atoms with van der Waals surface area (Å²) in [7, 11) is 0. The zero-order valence-electron chi connectivity index (χ0n) is 14.1. The molecule has 5 nitrogen and oxygen atoms in total. The van der Waals surface area contributed by atoms with Gasteiger partial charge in [-0.1, -0.05) is 24.3 Å². The molecule has 2 heterocycles. The summed E-state index contributed by atoms with van der Waals surface area (Å²) >= 11 is 0. The predicted molar refractivity (Wildman–Crippen MR) is 107 cm³/mol. The summed E-state index contributed by atoms with van der Waals surface area (Å²) in [4.78, 5) is 20.5. The minimum absolute atomic E-state index is 0. The summed E-state index contributed by atoms with van der Waals surface area (Å²) in [5, 5.41) is 0. The van der Waals surface area contributed by atoms with E-state index < -0.39 is 0 Å². The molecule has 2 N–H and O–H groups in total. The average Bonchev–Trinajstić information content (AvgIpc) is 2.99. The molecule has 2 fully saturated rings. The number of hydrogen-bond donors (Lipinski definition) is 1. The number of amides is 1. The minimum Gasteiger partial charge on any atom is -0.370 e. The van der Waals surface area contributed by atoms with Crippen LogP contribution in [0.3, 0.4) is 0 Å². The molecule has 0 radical (unpaired) electrons. The highest BCUT2D eigenvalue weighted by Crippen LogP contribution is 2.18. The summed E-state index contributed by atoms with van der Waals surface area (Å²) in [6.07, 6.45) is 5.34.